The van der Waals surface area contributed by atoms with Crippen LogP contribution in [0.15, 0.2) is 10.5 Å². The van der Waals surface area contributed by atoms with E-state index in [2.05, 4.69) is 15.9 Å². The summed E-state index contributed by atoms with van der Waals surface area (Å²) in [6.45, 7) is 1.30. The second kappa shape index (κ2) is 4.59. The van der Waals surface area contributed by atoms with Crippen molar-refractivity contribution in [3.8, 4) is 0 Å². The van der Waals surface area contributed by atoms with Gasteiger partial charge in [0.15, 0.2) is 0 Å². The summed E-state index contributed by atoms with van der Waals surface area (Å²) in [6, 6.07) is 1.35. The molecule has 88 valence electrons. The Hall–Kier alpha value is -0.180. The molecular formula is C9H4BrF4IO. The molecule has 0 bridgehead atoms. The molecule has 0 aliphatic heterocycles. The molecule has 0 saturated carbocycles. The molecule has 16 heavy (non-hydrogen) atoms. The maximum absolute atomic E-state index is 13.5. The van der Waals surface area contributed by atoms with Crippen molar-refractivity contribution in [2.75, 3.05) is 0 Å². The highest BCUT2D eigenvalue weighted by atomic mass is 127. The Morgan fingerprint density at radius 2 is 1.94 bits per heavy atom. The molecule has 0 N–H and O–H groups in total. The number of carbonyl (C=O) groups is 1. The minimum atomic E-state index is -5.08. The molecule has 0 unspecified atom stereocenters. The number of alkyl halides is 3. The predicted octanol–water partition coefficient (Wildman–Crippen LogP) is 4.25. The first-order valence-corrected chi connectivity index (χ1v) is 5.79. The zero-order valence-corrected chi connectivity index (χ0v) is 11.5. The van der Waals surface area contributed by atoms with Crippen LogP contribution in [-0.4, -0.2) is 12.0 Å². The van der Waals surface area contributed by atoms with E-state index in [-0.39, 0.29) is 10.0 Å². The van der Waals surface area contributed by atoms with Crippen LogP contribution in [0.4, 0.5) is 17.6 Å². The quantitative estimate of drug-likeness (QED) is 0.293. The molecule has 0 saturated heterocycles. The van der Waals surface area contributed by atoms with E-state index in [1.807, 2.05) is 0 Å². The molecule has 1 rings (SSSR count). The van der Waals surface area contributed by atoms with Crippen LogP contribution in [-0.2, 0) is 0 Å². The standard InChI is InChI=1S/C9H4BrF4IO/c1-3-2-4(15)6(10)5(7(3)11)8(16)9(12,13)14/h2H,1H3. The fraction of sp³-hybridized carbons (Fsp3) is 0.222. The number of hydrogen-bond donors (Lipinski definition) is 0. The molecule has 0 radical (unpaired) electrons. The van der Waals surface area contributed by atoms with Gasteiger partial charge in [-0.1, -0.05) is 0 Å². The summed E-state index contributed by atoms with van der Waals surface area (Å²) in [5.74, 6) is -3.33. The van der Waals surface area contributed by atoms with Gasteiger partial charge in [-0.2, -0.15) is 13.2 Å². The van der Waals surface area contributed by atoms with Crippen LogP contribution >= 0.6 is 38.5 Å². The molecule has 0 amide bonds. The lowest BCUT2D eigenvalue weighted by Gasteiger charge is -2.11. The van der Waals surface area contributed by atoms with Crippen LogP contribution in [0, 0.1) is 16.3 Å². The number of hydrogen-bond acceptors (Lipinski definition) is 1. The summed E-state index contributed by atoms with van der Waals surface area (Å²) in [6.07, 6.45) is -5.08. The molecule has 1 aromatic rings. The van der Waals surface area contributed by atoms with Gasteiger partial charge in [0.1, 0.15) is 5.82 Å². The second-order valence-electron chi connectivity index (χ2n) is 3.01. The van der Waals surface area contributed by atoms with E-state index in [9.17, 15) is 22.4 Å². The summed E-state index contributed by atoms with van der Waals surface area (Å²) < 4.78 is 50.3. The van der Waals surface area contributed by atoms with Gasteiger partial charge in [0.05, 0.1) is 5.56 Å². The minimum Gasteiger partial charge on any atom is -0.284 e. The van der Waals surface area contributed by atoms with E-state index in [1.165, 1.54) is 13.0 Å². The smallest absolute Gasteiger partial charge is 0.284 e. The Labute approximate surface area is 110 Å². The van der Waals surface area contributed by atoms with Gasteiger partial charge in [0, 0.05) is 8.04 Å². The van der Waals surface area contributed by atoms with E-state index in [1.54, 1.807) is 22.6 Å². The van der Waals surface area contributed by atoms with Gasteiger partial charge < -0.3 is 0 Å². The Bertz CT molecular complexity index is 430. The lowest BCUT2D eigenvalue weighted by atomic mass is 10.1. The summed E-state index contributed by atoms with van der Waals surface area (Å²) >= 11 is 4.51. The van der Waals surface area contributed by atoms with E-state index in [0.29, 0.717) is 3.57 Å². The van der Waals surface area contributed by atoms with Crippen molar-refractivity contribution in [1.29, 1.82) is 0 Å². The molecule has 0 spiro atoms. The highest BCUT2D eigenvalue weighted by Crippen LogP contribution is 2.33. The van der Waals surface area contributed by atoms with Gasteiger partial charge in [-0.15, -0.1) is 0 Å². The lowest BCUT2D eigenvalue weighted by molar-refractivity contribution is -0.0888. The molecule has 0 aliphatic carbocycles. The van der Waals surface area contributed by atoms with E-state index in [0.717, 1.165) is 0 Å². The number of halogens is 6. The lowest BCUT2D eigenvalue weighted by Crippen LogP contribution is -2.25. The van der Waals surface area contributed by atoms with E-state index < -0.39 is 23.3 Å². The van der Waals surface area contributed by atoms with Crippen LogP contribution < -0.4 is 0 Å². The maximum Gasteiger partial charge on any atom is 0.455 e. The average Bonchev–Trinajstić information content (AvgIpc) is 2.13. The third kappa shape index (κ3) is 2.55. The molecule has 0 aliphatic rings. The van der Waals surface area contributed by atoms with Gasteiger partial charge in [-0.3, -0.25) is 4.79 Å². The zero-order chi connectivity index (χ0) is 12.7. The van der Waals surface area contributed by atoms with Gasteiger partial charge in [-0.05, 0) is 57.1 Å². The monoisotopic (exact) mass is 410 g/mol. The van der Waals surface area contributed by atoms with Crippen molar-refractivity contribution in [3.63, 3.8) is 0 Å². The number of carbonyl (C=O) groups excluding carboxylic acids is 1. The fourth-order valence-electron chi connectivity index (χ4n) is 1.07. The first-order valence-electron chi connectivity index (χ1n) is 3.92. The molecular weight excluding hydrogens is 407 g/mol. The summed E-state index contributed by atoms with van der Waals surface area (Å²) in [5, 5.41) is 0. The normalized spacial score (nSPS) is 11.7. The molecule has 0 fully saturated rings. The number of Topliss-reactive ketones (excluding diaryl/α,β-unsaturated/α-hetero) is 1. The predicted molar refractivity (Wildman–Crippen MR) is 61.9 cm³/mol. The van der Waals surface area contributed by atoms with Gasteiger partial charge in [0.2, 0.25) is 0 Å². The van der Waals surface area contributed by atoms with Crippen molar-refractivity contribution in [2.45, 2.75) is 13.1 Å². The fourth-order valence-corrected chi connectivity index (χ4v) is 2.28. The Morgan fingerprint density at radius 1 is 1.44 bits per heavy atom. The maximum atomic E-state index is 13.5. The van der Waals surface area contributed by atoms with Gasteiger partial charge in [-0.25, -0.2) is 4.39 Å². The Balaban J connectivity index is 3.50. The number of ketones is 1. The van der Waals surface area contributed by atoms with E-state index in [4.69, 9.17) is 0 Å². The molecule has 7 heteroatoms. The first-order chi connectivity index (χ1) is 7.16. The van der Waals surface area contributed by atoms with Gasteiger partial charge in [0.25, 0.3) is 5.78 Å². The van der Waals surface area contributed by atoms with Crippen molar-refractivity contribution in [2.24, 2.45) is 0 Å². The first kappa shape index (κ1) is 13.9. The van der Waals surface area contributed by atoms with Crippen LogP contribution in [0.25, 0.3) is 0 Å². The molecule has 1 aromatic carbocycles. The van der Waals surface area contributed by atoms with Crippen molar-refractivity contribution < 1.29 is 22.4 Å². The Kier molecular flexibility index (Phi) is 3.99. The van der Waals surface area contributed by atoms with E-state index >= 15 is 0 Å². The number of benzene rings is 1. The number of rotatable bonds is 1. The van der Waals surface area contributed by atoms with Crippen LogP contribution in [0.5, 0.6) is 0 Å². The largest absolute Gasteiger partial charge is 0.455 e. The minimum absolute atomic E-state index is 0.000185. The summed E-state index contributed by atoms with van der Waals surface area (Å²) in [5.41, 5.74) is -0.961. The molecule has 0 heterocycles. The third-order valence-corrected chi connectivity index (χ3v) is 4.24. The Morgan fingerprint density at radius 3 is 2.38 bits per heavy atom. The molecule has 1 nitrogen and oxygen atoms in total. The SMILES string of the molecule is Cc1cc(I)c(Br)c(C(=O)C(F)(F)F)c1F. The van der Waals surface area contributed by atoms with Crippen molar-refractivity contribution >= 4 is 44.3 Å². The zero-order valence-electron chi connectivity index (χ0n) is 7.75. The highest BCUT2D eigenvalue weighted by Gasteiger charge is 2.42. The van der Waals surface area contributed by atoms with Crippen LogP contribution in [0.2, 0.25) is 0 Å². The summed E-state index contributed by atoms with van der Waals surface area (Å²) in [4.78, 5) is 11.0. The van der Waals surface area contributed by atoms with Gasteiger partial charge >= 0.3 is 6.18 Å². The van der Waals surface area contributed by atoms with Crippen molar-refractivity contribution in [3.05, 3.63) is 31.1 Å². The summed E-state index contributed by atoms with van der Waals surface area (Å²) in [7, 11) is 0. The highest BCUT2D eigenvalue weighted by molar-refractivity contribution is 14.1. The molecule has 0 aromatic heterocycles. The number of aryl methyl sites for hydroxylation is 1. The van der Waals surface area contributed by atoms with Crippen LogP contribution in [0.3, 0.4) is 0 Å². The second-order valence-corrected chi connectivity index (χ2v) is 4.96. The van der Waals surface area contributed by atoms with Crippen molar-refractivity contribution in [1.82, 2.24) is 0 Å². The third-order valence-electron chi connectivity index (χ3n) is 1.82. The topological polar surface area (TPSA) is 17.1 Å². The molecule has 0 atom stereocenters. The van der Waals surface area contributed by atoms with Crippen LogP contribution in [0.1, 0.15) is 15.9 Å². The average molecular weight is 411 g/mol.